The lowest BCUT2D eigenvalue weighted by atomic mass is 9.90. The van der Waals surface area contributed by atoms with E-state index in [4.69, 9.17) is 0 Å². The van der Waals surface area contributed by atoms with E-state index in [1.807, 2.05) is 0 Å². The number of hydrogen-bond donors (Lipinski definition) is 2. The number of hydrogen-bond acceptors (Lipinski definition) is 2. The summed E-state index contributed by atoms with van der Waals surface area (Å²) in [5, 5.41) is 9.80. The second-order valence-corrected chi connectivity index (χ2v) is 3.91. The van der Waals surface area contributed by atoms with Gasteiger partial charge in [-0.2, -0.15) is 0 Å². The maximum absolute atomic E-state index is 9.80. The van der Waals surface area contributed by atoms with Crippen LogP contribution in [0.5, 0.6) is 0 Å². The number of rotatable bonds is 4. The summed E-state index contributed by atoms with van der Waals surface area (Å²) in [6.07, 6.45) is 3.81. The maximum atomic E-state index is 9.80. The molecule has 1 aromatic rings. The molecule has 13 heavy (non-hydrogen) atoms. The van der Waals surface area contributed by atoms with Crippen LogP contribution in [0.3, 0.4) is 0 Å². The molecule has 0 saturated heterocycles. The van der Waals surface area contributed by atoms with E-state index < -0.39 is 0 Å². The Kier molecular flexibility index (Phi) is 3.48. The van der Waals surface area contributed by atoms with Crippen molar-refractivity contribution < 1.29 is 5.11 Å². The normalized spacial score (nSPS) is 16.1. The monoisotopic (exact) mass is 182 g/mol. The van der Waals surface area contributed by atoms with Crippen molar-refractivity contribution in [3.8, 4) is 0 Å². The van der Waals surface area contributed by atoms with E-state index in [0.717, 1.165) is 5.82 Å². The molecule has 2 atom stereocenters. The number of aromatic amines is 1. The Hall–Kier alpha value is -0.830. The van der Waals surface area contributed by atoms with Gasteiger partial charge in [0, 0.05) is 18.8 Å². The molecular weight excluding hydrogens is 164 g/mol. The minimum Gasteiger partial charge on any atom is -0.392 e. The molecule has 0 spiro atoms. The van der Waals surface area contributed by atoms with Crippen molar-refractivity contribution in [1.82, 2.24) is 9.97 Å². The largest absolute Gasteiger partial charge is 0.392 e. The van der Waals surface area contributed by atoms with Gasteiger partial charge in [0.2, 0.25) is 0 Å². The molecule has 2 unspecified atom stereocenters. The molecule has 3 nitrogen and oxygen atoms in total. The quantitative estimate of drug-likeness (QED) is 0.743. The van der Waals surface area contributed by atoms with Crippen LogP contribution in [0.4, 0.5) is 0 Å². The van der Waals surface area contributed by atoms with Crippen molar-refractivity contribution in [3.05, 3.63) is 18.2 Å². The molecule has 0 aliphatic rings. The molecule has 74 valence electrons. The van der Waals surface area contributed by atoms with Gasteiger partial charge in [0.1, 0.15) is 5.82 Å². The zero-order valence-electron chi connectivity index (χ0n) is 8.49. The van der Waals surface area contributed by atoms with E-state index >= 15 is 0 Å². The van der Waals surface area contributed by atoms with Crippen LogP contribution in [0.1, 0.15) is 26.6 Å². The van der Waals surface area contributed by atoms with Gasteiger partial charge in [0.15, 0.2) is 0 Å². The highest BCUT2D eigenvalue weighted by atomic mass is 16.3. The molecule has 3 heteroatoms. The predicted octanol–water partition coefficient (Wildman–Crippen LogP) is 1.61. The second-order valence-electron chi connectivity index (χ2n) is 3.91. The van der Waals surface area contributed by atoms with E-state index in [-0.39, 0.29) is 6.10 Å². The zero-order valence-corrected chi connectivity index (χ0v) is 8.49. The molecule has 0 amide bonds. The number of aliphatic hydroxyl groups excluding tert-OH is 1. The molecule has 1 rings (SSSR count). The highest BCUT2D eigenvalue weighted by Gasteiger charge is 2.18. The van der Waals surface area contributed by atoms with Crippen LogP contribution in [0.2, 0.25) is 0 Å². The summed E-state index contributed by atoms with van der Waals surface area (Å²) < 4.78 is 0. The fraction of sp³-hybridized carbons (Fsp3) is 0.700. The number of nitrogens with one attached hydrogen (secondary N) is 1. The molecule has 2 N–H and O–H groups in total. The molecule has 0 aromatic carbocycles. The Bertz CT molecular complexity index is 231. The van der Waals surface area contributed by atoms with Gasteiger partial charge in [-0.1, -0.05) is 20.8 Å². The van der Waals surface area contributed by atoms with Gasteiger partial charge in [-0.15, -0.1) is 0 Å². The van der Waals surface area contributed by atoms with Crippen LogP contribution in [0.25, 0.3) is 0 Å². The summed E-state index contributed by atoms with van der Waals surface area (Å²) in [5.41, 5.74) is 0. The van der Waals surface area contributed by atoms with E-state index in [0.29, 0.717) is 18.3 Å². The average Bonchev–Trinajstić information content (AvgIpc) is 2.55. The third-order valence-corrected chi connectivity index (χ3v) is 2.62. The van der Waals surface area contributed by atoms with Crippen molar-refractivity contribution >= 4 is 0 Å². The summed E-state index contributed by atoms with van der Waals surface area (Å²) in [7, 11) is 0. The lowest BCUT2D eigenvalue weighted by Gasteiger charge is -2.21. The standard InChI is InChI=1S/C10H18N2O/c1-7(2)8(3)9(13)6-10-11-4-5-12-10/h4-5,7-9,13H,6H2,1-3H3,(H,11,12). The first-order valence-electron chi connectivity index (χ1n) is 4.77. The fourth-order valence-electron chi connectivity index (χ4n) is 1.24. The predicted molar refractivity (Wildman–Crippen MR) is 52.3 cm³/mol. The number of aromatic nitrogens is 2. The van der Waals surface area contributed by atoms with Crippen molar-refractivity contribution in [2.24, 2.45) is 11.8 Å². The highest BCUT2D eigenvalue weighted by Crippen LogP contribution is 2.16. The fourth-order valence-corrected chi connectivity index (χ4v) is 1.24. The highest BCUT2D eigenvalue weighted by molar-refractivity contribution is 4.90. The summed E-state index contributed by atoms with van der Waals surface area (Å²) >= 11 is 0. The van der Waals surface area contributed by atoms with Crippen molar-refractivity contribution in [3.63, 3.8) is 0 Å². The number of imidazole rings is 1. The maximum Gasteiger partial charge on any atom is 0.108 e. The number of nitrogens with zero attached hydrogens (tertiary/aromatic N) is 1. The van der Waals surface area contributed by atoms with Crippen molar-refractivity contribution in [2.45, 2.75) is 33.3 Å². The minimum absolute atomic E-state index is 0.300. The summed E-state index contributed by atoms with van der Waals surface area (Å²) in [4.78, 5) is 7.07. The first-order valence-corrected chi connectivity index (χ1v) is 4.77. The van der Waals surface area contributed by atoms with Gasteiger partial charge in [0.25, 0.3) is 0 Å². The molecule has 0 fully saturated rings. The molecule has 0 radical (unpaired) electrons. The molecule has 0 aliphatic heterocycles. The van der Waals surface area contributed by atoms with Crippen LogP contribution in [0.15, 0.2) is 12.4 Å². The Morgan fingerprint density at radius 1 is 1.46 bits per heavy atom. The first-order chi connectivity index (χ1) is 6.11. The lowest BCUT2D eigenvalue weighted by molar-refractivity contribution is 0.0905. The van der Waals surface area contributed by atoms with Crippen molar-refractivity contribution in [2.75, 3.05) is 0 Å². The Balaban J connectivity index is 2.45. The van der Waals surface area contributed by atoms with Gasteiger partial charge in [0.05, 0.1) is 6.10 Å². The van der Waals surface area contributed by atoms with Gasteiger partial charge < -0.3 is 10.1 Å². The lowest BCUT2D eigenvalue weighted by Crippen LogP contribution is -2.25. The van der Waals surface area contributed by atoms with Crippen LogP contribution in [0, 0.1) is 11.8 Å². The summed E-state index contributed by atoms with van der Waals surface area (Å²) in [6.45, 7) is 6.31. The minimum atomic E-state index is -0.300. The Morgan fingerprint density at radius 2 is 2.15 bits per heavy atom. The molecule has 1 heterocycles. The van der Waals surface area contributed by atoms with E-state index in [1.54, 1.807) is 12.4 Å². The van der Waals surface area contributed by atoms with Gasteiger partial charge >= 0.3 is 0 Å². The van der Waals surface area contributed by atoms with E-state index in [2.05, 4.69) is 30.7 Å². The van der Waals surface area contributed by atoms with Crippen LogP contribution in [-0.2, 0) is 6.42 Å². The SMILES string of the molecule is CC(C)C(C)C(O)Cc1ncc[nH]1. The van der Waals surface area contributed by atoms with Gasteiger partial charge in [-0.05, 0) is 11.8 Å². The zero-order chi connectivity index (χ0) is 9.84. The van der Waals surface area contributed by atoms with Crippen LogP contribution < -0.4 is 0 Å². The van der Waals surface area contributed by atoms with Crippen LogP contribution >= 0.6 is 0 Å². The molecule has 1 aromatic heterocycles. The van der Waals surface area contributed by atoms with Crippen LogP contribution in [-0.4, -0.2) is 21.2 Å². The molecule has 0 aliphatic carbocycles. The first kappa shape index (κ1) is 10.3. The number of aliphatic hydroxyl groups is 1. The Labute approximate surface area is 79.2 Å². The smallest absolute Gasteiger partial charge is 0.108 e. The third-order valence-electron chi connectivity index (χ3n) is 2.62. The van der Waals surface area contributed by atoms with Gasteiger partial charge in [-0.25, -0.2) is 4.98 Å². The Morgan fingerprint density at radius 3 is 2.62 bits per heavy atom. The summed E-state index contributed by atoms with van der Waals surface area (Å²) in [5.74, 6) is 1.68. The second kappa shape index (κ2) is 4.42. The van der Waals surface area contributed by atoms with E-state index in [1.165, 1.54) is 0 Å². The topological polar surface area (TPSA) is 48.9 Å². The molecular formula is C10H18N2O. The molecule has 0 bridgehead atoms. The average molecular weight is 182 g/mol. The summed E-state index contributed by atoms with van der Waals surface area (Å²) in [6, 6.07) is 0. The number of H-pyrrole nitrogens is 1. The van der Waals surface area contributed by atoms with E-state index in [9.17, 15) is 5.11 Å². The van der Waals surface area contributed by atoms with Crippen molar-refractivity contribution in [1.29, 1.82) is 0 Å². The third kappa shape index (κ3) is 2.84. The van der Waals surface area contributed by atoms with Gasteiger partial charge in [-0.3, -0.25) is 0 Å². The molecule has 0 saturated carbocycles.